The van der Waals surface area contributed by atoms with E-state index in [1.54, 1.807) is 14.0 Å². The average molecular weight is 1070 g/mol. The van der Waals surface area contributed by atoms with Gasteiger partial charge in [-0.2, -0.15) is 0 Å². The number of fused-ring (bicyclic) bond motifs is 8. The molecular weight excluding hydrogens is 989 g/mol. The first kappa shape index (κ1) is 57.6. The van der Waals surface area contributed by atoms with E-state index in [1.807, 2.05) is 20.8 Å². The largest absolute Gasteiger partial charge is 0.449 e. The standard InChI is InChI=1S/C53H79F2N3O13S2/c1-7-12-46-70-44-29-38-39-28-41(54)40-27-34(59)15-16-50(40,4)52(39,55)42(60)30-51(38,5)53(44,71-46)43(61)33-69-48(64)58(6)19-26-72-73-49(2,3)31-45(62)56-17-20-65-22-24-67-25-23-66-21-18-57-47(63)68-32-37-35-13-10-8-9-11-14-36(35)37/h8-9,15-16,27,35-39,41-42,44,46,60H,7,10-14,17-26,28-33H2,1-6H3,(H,56,62)(H,57,63)/b9-8-/t35-,36+,37-,38?,39-,41-,42-,44+,46?,50-,51-,52-,53+/m0/s1. The number of carbonyl (C=O) groups excluding carboxylic acids is 5. The Morgan fingerprint density at radius 2 is 1.60 bits per heavy atom. The van der Waals surface area contributed by atoms with Crippen LogP contribution >= 0.6 is 21.6 Å². The van der Waals surface area contributed by atoms with E-state index in [0.717, 1.165) is 18.9 Å². The van der Waals surface area contributed by atoms with Gasteiger partial charge in [-0.1, -0.05) is 60.1 Å². The molecule has 0 bridgehead atoms. The smallest absolute Gasteiger partial charge is 0.409 e. The second-order valence-electron chi connectivity index (χ2n) is 21.9. The highest BCUT2D eigenvalue weighted by Crippen LogP contribution is 2.72. The minimum atomic E-state index is -2.33. The fourth-order valence-electron chi connectivity index (χ4n) is 12.9. The Bertz CT molecular complexity index is 2050. The molecule has 0 radical (unpaired) electrons. The number of aliphatic hydroxyl groups is 1. The first-order valence-electron chi connectivity index (χ1n) is 26.4. The van der Waals surface area contributed by atoms with Crippen molar-refractivity contribution < 1.29 is 71.0 Å². The van der Waals surface area contributed by atoms with Crippen LogP contribution in [0.2, 0.25) is 0 Å². The molecule has 0 spiro atoms. The lowest BCUT2D eigenvalue weighted by Gasteiger charge is -2.63. The summed E-state index contributed by atoms with van der Waals surface area (Å²) in [5, 5.41) is 17.5. The Morgan fingerprint density at radius 3 is 2.27 bits per heavy atom. The second-order valence-corrected chi connectivity index (χ2v) is 25.0. The second kappa shape index (κ2) is 24.9. The normalized spacial score (nSPS) is 35.4. The van der Waals surface area contributed by atoms with E-state index < -0.39 is 93.7 Å². The fraction of sp³-hybridized carbons (Fsp3) is 0.792. The summed E-state index contributed by atoms with van der Waals surface area (Å²) in [4.78, 5) is 66.3. The van der Waals surface area contributed by atoms with Gasteiger partial charge >= 0.3 is 12.2 Å². The highest BCUT2D eigenvalue weighted by molar-refractivity contribution is 8.77. The summed E-state index contributed by atoms with van der Waals surface area (Å²) in [6.45, 7) is 12.2. The lowest BCUT2D eigenvalue weighted by molar-refractivity contribution is -0.234. The van der Waals surface area contributed by atoms with Gasteiger partial charge in [-0.05, 0) is 114 Å². The number of halogens is 2. The van der Waals surface area contributed by atoms with Gasteiger partial charge in [-0.3, -0.25) is 14.4 Å². The number of carbonyl (C=O) groups is 5. The van der Waals surface area contributed by atoms with Gasteiger partial charge in [-0.15, -0.1) is 0 Å². The molecule has 1 aliphatic heterocycles. The number of amides is 3. The topological polar surface area (TPSA) is 197 Å². The van der Waals surface area contributed by atoms with Gasteiger partial charge in [-0.25, -0.2) is 18.4 Å². The van der Waals surface area contributed by atoms with Crippen molar-refractivity contribution in [3.63, 3.8) is 0 Å². The number of hydrogen-bond donors (Lipinski definition) is 3. The van der Waals surface area contributed by atoms with Crippen LogP contribution in [0.4, 0.5) is 18.4 Å². The molecule has 0 aromatic heterocycles. The molecule has 1 saturated heterocycles. The van der Waals surface area contributed by atoms with Gasteiger partial charge in [0.15, 0.2) is 29.9 Å². The number of rotatable bonds is 26. The molecule has 16 nitrogen and oxygen atoms in total. The number of aliphatic hydroxyl groups excluding tert-OH is 1. The summed E-state index contributed by atoms with van der Waals surface area (Å²) in [7, 11) is 4.58. The Balaban J connectivity index is 0.740. The van der Waals surface area contributed by atoms with Crippen molar-refractivity contribution in [3.05, 3.63) is 36.0 Å². The zero-order valence-corrected chi connectivity index (χ0v) is 45.1. The summed E-state index contributed by atoms with van der Waals surface area (Å²) in [5.74, 6) is -0.404. The van der Waals surface area contributed by atoms with Crippen LogP contribution in [-0.2, 0) is 47.5 Å². The SMILES string of the molecule is CCCC1O[C@@H]2CC3[C@@H]4C[C@H](F)C5=CC(=O)C=C[C@]5(C)[C@@]4(F)[C@@H](O)C[C@]3(C)[C@]2(C(=O)COC(=O)N(C)CCSSC(C)(C)CC(=O)NCCOCCOCCOCCNC(=O)OC[C@@H]2[C@@H]3CC/C=C\CC[C@@H]32)O1. The number of ketones is 2. The molecule has 0 aromatic rings. The monoisotopic (exact) mass is 1070 g/mol. The summed E-state index contributed by atoms with van der Waals surface area (Å²) < 4.78 is 74.1. The van der Waals surface area contributed by atoms with Crippen LogP contribution in [-0.4, -0.2) is 166 Å². The lowest BCUT2D eigenvalue weighted by atomic mass is 9.44. The summed E-state index contributed by atoms with van der Waals surface area (Å²) in [6.07, 6.45) is 8.01. The maximum atomic E-state index is 17.8. The zero-order chi connectivity index (χ0) is 52.6. The van der Waals surface area contributed by atoms with Crippen LogP contribution in [0.1, 0.15) is 98.8 Å². The van der Waals surface area contributed by atoms with Crippen LogP contribution in [0.5, 0.6) is 0 Å². The van der Waals surface area contributed by atoms with E-state index >= 15 is 8.78 Å². The van der Waals surface area contributed by atoms with Gasteiger partial charge in [0, 0.05) is 60.4 Å². The van der Waals surface area contributed by atoms with Crippen LogP contribution in [0.3, 0.4) is 0 Å². The summed E-state index contributed by atoms with van der Waals surface area (Å²) in [5.41, 5.74) is -6.78. The van der Waals surface area contributed by atoms with E-state index in [-0.39, 0.29) is 43.7 Å². The number of allylic oxidation sites excluding steroid dienone is 6. The number of alkyl carbamates (subject to hydrolysis) is 1. The molecule has 13 atom stereocenters. The first-order valence-corrected chi connectivity index (χ1v) is 28.7. The van der Waals surface area contributed by atoms with Gasteiger partial charge in [0.1, 0.15) is 6.17 Å². The molecule has 3 N–H and O–H groups in total. The Hall–Kier alpha value is -3.11. The summed E-state index contributed by atoms with van der Waals surface area (Å²) in [6, 6.07) is 0. The quantitative estimate of drug-likeness (QED) is 0.0444. The molecule has 20 heteroatoms. The predicted molar refractivity (Wildman–Crippen MR) is 272 cm³/mol. The molecule has 3 amide bonds. The van der Waals surface area contributed by atoms with E-state index in [1.165, 1.54) is 58.4 Å². The Labute approximate surface area is 437 Å². The maximum absolute atomic E-state index is 17.8. The van der Waals surface area contributed by atoms with Crippen molar-refractivity contribution >= 4 is 51.2 Å². The molecule has 0 aromatic carbocycles. The van der Waals surface area contributed by atoms with Crippen molar-refractivity contribution in [2.45, 2.75) is 140 Å². The zero-order valence-electron chi connectivity index (χ0n) is 43.5. The minimum absolute atomic E-state index is 0.0176. The third kappa shape index (κ3) is 12.7. The molecule has 7 aliphatic rings. The molecule has 1 heterocycles. The number of nitrogens with one attached hydrogen (secondary N) is 2. The molecule has 2 unspecified atom stereocenters. The van der Waals surface area contributed by atoms with Gasteiger partial charge in [0.05, 0.1) is 58.5 Å². The minimum Gasteiger partial charge on any atom is -0.449 e. The number of hydrogen-bond acceptors (Lipinski definition) is 15. The van der Waals surface area contributed by atoms with Crippen molar-refractivity contribution in [1.29, 1.82) is 0 Å². The number of ether oxygens (including phenoxy) is 7. The van der Waals surface area contributed by atoms with Crippen molar-refractivity contribution in [2.24, 2.45) is 40.4 Å². The van der Waals surface area contributed by atoms with E-state index in [0.29, 0.717) is 95.7 Å². The fourth-order valence-corrected chi connectivity index (χ4v) is 15.4. The molecule has 5 fully saturated rings. The van der Waals surface area contributed by atoms with Crippen LogP contribution in [0, 0.1) is 40.4 Å². The Morgan fingerprint density at radius 1 is 0.945 bits per heavy atom. The number of Topliss-reactive ketones (excluding diaryl/α,β-unsaturated/α-hetero) is 1. The highest BCUT2D eigenvalue weighted by atomic mass is 33.1. The third-order valence-corrected chi connectivity index (χ3v) is 19.9. The van der Waals surface area contributed by atoms with E-state index in [4.69, 9.17) is 33.2 Å². The van der Waals surface area contributed by atoms with E-state index in [2.05, 4.69) is 22.8 Å². The van der Waals surface area contributed by atoms with Crippen molar-refractivity contribution in [3.8, 4) is 0 Å². The average Bonchev–Trinajstić information content (AvgIpc) is 3.72. The molecular formula is C53H79F2N3O13S2. The molecule has 410 valence electrons. The molecule has 7 rings (SSSR count). The number of alkyl halides is 2. The van der Waals surface area contributed by atoms with Gasteiger partial charge in [0.2, 0.25) is 11.7 Å². The third-order valence-electron chi connectivity index (χ3n) is 16.6. The van der Waals surface area contributed by atoms with Gasteiger partial charge < -0.3 is 53.8 Å². The maximum Gasteiger partial charge on any atom is 0.409 e. The molecule has 6 aliphatic carbocycles. The van der Waals surface area contributed by atoms with Crippen molar-refractivity contribution in [1.82, 2.24) is 15.5 Å². The lowest BCUT2D eigenvalue weighted by Crippen LogP contribution is -2.71. The molecule has 4 saturated carbocycles. The number of nitrogens with zero attached hydrogens (tertiary/aromatic N) is 1. The Kier molecular flexibility index (Phi) is 19.7. The van der Waals surface area contributed by atoms with Crippen LogP contribution in [0.15, 0.2) is 36.0 Å². The van der Waals surface area contributed by atoms with Crippen LogP contribution in [0.25, 0.3) is 0 Å². The predicted octanol–water partition coefficient (Wildman–Crippen LogP) is 7.27. The van der Waals surface area contributed by atoms with E-state index in [9.17, 15) is 29.1 Å². The molecule has 73 heavy (non-hydrogen) atoms. The summed E-state index contributed by atoms with van der Waals surface area (Å²) >= 11 is 0. The first-order chi connectivity index (χ1) is 34.8. The highest BCUT2D eigenvalue weighted by Gasteiger charge is 2.80. The van der Waals surface area contributed by atoms with Crippen LogP contribution < -0.4 is 10.6 Å². The van der Waals surface area contributed by atoms with Gasteiger partial charge in [0.25, 0.3) is 0 Å². The van der Waals surface area contributed by atoms with Crippen molar-refractivity contribution in [2.75, 3.05) is 85.3 Å².